The molecule has 3 aromatic rings. The van der Waals surface area contributed by atoms with Gasteiger partial charge in [0.25, 0.3) is 0 Å². The van der Waals surface area contributed by atoms with E-state index in [-0.39, 0.29) is 0 Å². The Labute approximate surface area is 142 Å². The maximum atomic E-state index is 4.62. The van der Waals surface area contributed by atoms with Crippen molar-refractivity contribution >= 4 is 23.3 Å². The molecule has 4 aliphatic heterocycles. The van der Waals surface area contributed by atoms with Crippen molar-refractivity contribution < 1.29 is 0 Å². The topological polar surface area (TPSA) is 83.8 Å². The summed E-state index contributed by atoms with van der Waals surface area (Å²) in [6, 6.07) is 0.597. The van der Waals surface area contributed by atoms with Crippen molar-refractivity contribution in [2.75, 3.05) is 9.80 Å². The fraction of sp³-hybridized carbons (Fsp3) is 0.294. The Morgan fingerprint density at radius 3 is 1.72 bits per heavy atom. The molecule has 2 unspecified atom stereocenters. The SMILES string of the molecule is c1cnc2c(n1)CC1C3c4c(ncnc4N4c5nccnc5CC34)N21. The molecule has 3 aromatic heterocycles. The van der Waals surface area contributed by atoms with Crippen LogP contribution in [0.25, 0.3) is 0 Å². The normalized spacial score (nSPS) is 26.3. The third-order valence-corrected chi connectivity index (χ3v) is 5.89. The Hall–Kier alpha value is -3.16. The van der Waals surface area contributed by atoms with Crippen LogP contribution in [0.3, 0.4) is 0 Å². The van der Waals surface area contributed by atoms with E-state index in [9.17, 15) is 0 Å². The monoisotopic (exact) mass is 328 g/mol. The van der Waals surface area contributed by atoms with Gasteiger partial charge in [-0.1, -0.05) is 0 Å². The summed E-state index contributed by atoms with van der Waals surface area (Å²) in [6.45, 7) is 0. The summed E-state index contributed by atoms with van der Waals surface area (Å²) >= 11 is 0. The Morgan fingerprint density at radius 2 is 1.16 bits per heavy atom. The lowest BCUT2D eigenvalue weighted by molar-refractivity contribution is 0.499. The maximum Gasteiger partial charge on any atom is 0.156 e. The predicted molar refractivity (Wildman–Crippen MR) is 88.1 cm³/mol. The average molecular weight is 328 g/mol. The van der Waals surface area contributed by atoms with E-state index in [1.54, 1.807) is 31.1 Å². The summed E-state index contributed by atoms with van der Waals surface area (Å²) in [5.41, 5.74) is 3.36. The minimum Gasteiger partial charge on any atom is -0.305 e. The van der Waals surface area contributed by atoms with Crippen LogP contribution in [0.5, 0.6) is 0 Å². The lowest BCUT2D eigenvalue weighted by Crippen LogP contribution is -2.37. The average Bonchev–Trinajstić information content (AvgIpc) is 3.35. The van der Waals surface area contributed by atoms with Gasteiger partial charge in [-0.15, -0.1) is 0 Å². The highest BCUT2D eigenvalue weighted by molar-refractivity contribution is 5.84. The quantitative estimate of drug-likeness (QED) is 0.610. The molecule has 8 heteroatoms. The zero-order chi connectivity index (χ0) is 16.1. The van der Waals surface area contributed by atoms with Crippen molar-refractivity contribution in [2.24, 2.45) is 0 Å². The molecule has 0 aliphatic carbocycles. The molecule has 0 saturated carbocycles. The molecule has 7 rings (SSSR count). The molecule has 7 heterocycles. The lowest BCUT2D eigenvalue weighted by atomic mass is 9.88. The predicted octanol–water partition coefficient (Wildman–Crippen LogP) is 1.29. The van der Waals surface area contributed by atoms with E-state index in [2.05, 4.69) is 39.7 Å². The van der Waals surface area contributed by atoms with Gasteiger partial charge in [-0.2, -0.15) is 0 Å². The van der Waals surface area contributed by atoms with Gasteiger partial charge < -0.3 is 9.80 Å². The number of hydrogen-bond acceptors (Lipinski definition) is 8. The molecular weight excluding hydrogens is 316 g/mol. The molecule has 0 fully saturated rings. The van der Waals surface area contributed by atoms with Crippen molar-refractivity contribution in [3.63, 3.8) is 0 Å². The van der Waals surface area contributed by atoms with E-state index < -0.39 is 0 Å². The van der Waals surface area contributed by atoms with Crippen LogP contribution >= 0.6 is 0 Å². The van der Waals surface area contributed by atoms with Gasteiger partial charge in [0.2, 0.25) is 0 Å². The molecule has 2 atom stereocenters. The Kier molecular flexibility index (Phi) is 1.91. The summed E-state index contributed by atoms with van der Waals surface area (Å²) in [5, 5.41) is 0. The molecule has 4 aliphatic rings. The molecule has 0 radical (unpaired) electrons. The van der Waals surface area contributed by atoms with Crippen molar-refractivity contribution in [1.82, 2.24) is 29.9 Å². The Bertz CT molecular complexity index is 986. The van der Waals surface area contributed by atoms with Crippen molar-refractivity contribution in [2.45, 2.75) is 30.8 Å². The van der Waals surface area contributed by atoms with Crippen LogP contribution in [-0.2, 0) is 12.8 Å². The molecular formula is C17H12N8. The summed E-state index contributed by atoms with van der Waals surface area (Å²) in [5.74, 6) is 4.19. The van der Waals surface area contributed by atoms with Gasteiger partial charge in [-0.3, -0.25) is 9.97 Å². The second-order valence-electron chi connectivity index (χ2n) is 6.90. The van der Waals surface area contributed by atoms with Crippen LogP contribution in [-0.4, -0.2) is 42.0 Å². The largest absolute Gasteiger partial charge is 0.305 e. The highest BCUT2D eigenvalue weighted by Gasteiger charge is 2.58. The van der Waals surface area contributed by atoms with Crippen LogP contribution < -0.4 is 9.80 Å². The summed E-state index contributed by atoms with van der Waals surface area (Å²) in [4.78, 5) is 32.0. The van der Waals surface area contributed by atoms with E-state index in [4.69, 9.17) is 0 Å². The first kappa shape index (κ1) is 12.2. The van der Waals surface area contributed by atoms with Crippen LogP contribution in [0.4, 0.5) is 23.3 Å². The van der Waals surface area contributed by atoms with Gasteiger partial charge >= 0.3 is 0 Å². The van der Waals surface area contributed by atoms with E-state index in [0.717, 1.165) is 47.5 Å². The number of anilines is 4. The van der Waals surface area contributed by atoms with Crippen molar-refractivity contribution in [3.05, 3.63) is 48.1 Å². The minimum atomic E-state index is 0.298. The van der Waals surface area contributed by atoms with Crippen molar-refractivity contribution in [3.8, 4) is 0 Å². The van der Waals surface area contributed by atoms with Crippen LogP contribution in [0.15, 0.2) is 31.1 Å². The summed E-state index contributed by atoms with van der Waals surface area (Å²) in [6.07, 6.45) is 10.5. The zero-order valence-corrected chi connectivity index (χ0v) is 13.1. The Balaban J connectivity index is 1.48. The number of hydrogen-bond donors (Lipinski definition) is 0. The number of rotatable bonds is 0. The fourth-order valence-corrected chi connectivity index (χ4v) is 5.09. The second-order valence-corrected chi connectivity index (χ2v) is 6.90. The molecule has 0 amide bonds. The fourth-order valence-electron chi connectivity index (χ4n) is 5.09. The highest BCUT2D eigenvalue weighted by atomic mass is 15.4. The first-order chi connectivity index (χ1) is 12.4. The van der Waals surface area contributed by atoms with Gasteiger partial charge in [0, 0.05) is 49.1 Å². The van der Waals surface area contributed by atoms with Gasteiger partial charge in [0.1, 0.15) is 18.0 Å². The first-order valence-corrected chi connectivity index (χ1v) is 8.45. The summed E-state index contributed by atoms with van der Waals surface area (Å²) < 4.78 is 0. The summed E-state index contributed by atoms with van der Waals surface area (Å²) in [7, 11) is 0. The van der Waals surface area contributed by atoms with Crippen LogP contribution in [0, 0.1) is 0 Å². The molecule has 0 bridgehead atoms. The van der Waals surface area contributed by atoms with Crippen LogP contribution in [0.2, 0.25) is 0 Å². The lowest BCUT2D eigenvalue weighted by Gasteiger charge is -2.27. The van der Waals surface area contributed by atoms with Crippen LogP contribution in [0.1, 0.15) is 22.9 Å². The molecule has 0 spiro atoms. The first-order valence-electron chi connectivity index (χ1n) is 8.45. The number of aromatic nitrogens is 6. The molecule has 0 saturated heterocycles. The van der Waals surface area contributed by atoms with E-state index in [1.807, 2.05) is 0 Å². The van der Waals surface area contributed by atoms with Gasteiger partial charge in [0.15, 0.2) is 11.6 Å². The molecule has 0 aromatic carbocycles. The van der Waals surface area contributed by atoms with Gasteiger partial charge in [-0.25, -0.2) is 19.9 Å². The molecule has 25 heavy (non-hydrogen) atoms. The smallest absolute Gasteiger partial charge is 0.156 e. The molecule has 8 nitrogen and oxygen atoms in total. The molecule has 0 N–H and O–H groups in total. The minimum absolute atomic E-state index is 0.298. The maximum absolute atomic E-state index is 4.62. The Morgan fingerprint density at radius 1 is 0.640 bits per heavy atom. The third kappa shape index (κ3) is 1.25. The zero-order valence-electron chi connectivity index (χ0n) is 13.1. The second kappa shape index (κ2) is 3.90. The van der Waals surface area contributed by atoms with Gasteiger partial charge in [0.05, 0.1) is 23.5 Å². The van der Waals surface area contributed by atoms with Crippen molar-refractivity contribution in [1.29, 1.82) is 0 Å². The van der Waals surface area contributed by atoms with Gasteiger partial charge in [-0.05, 0) is 0 Å². The molecule has 120 valence electrons. The third-order valence-electron chi connectivity index (χ3n) is 5.89. The standard InChI is InChI=1S/C17H12N8/c1-3-20-14-8(18-1)5-10-12-11-6-9-15(21-4-2-19-9)25(11)17-13(12)16(24(10)14)22-7-23-17/h1-4,7,10-12H,5-6H2. The van der Waals surface area contributed by atoms with E-state index >= 15 is 0 Å². The number of nitrogens with zero attached hydrogens (tertiary/aromatic N) is 8. The highest BCUT2D eigenvalue weighted by Crippen LogP contribution is 2.60. The van der Waals surface area contributed by atoms with E-state index in [0.29, 0.717) is 18.0 Å². The number of fused-ring (bicyclic) bond motifs is 10. The van der Waals surface area contributed by atoms with E-state index in [1.165, 1.54) is 5.56 Å².